The molecule has 0 amide bonds. The lowest BCUT2D eigenvalue weighted by Gasteiger charge is -2.23. The van der Waals surface area contributed by atoms with Gasteiger partial charge in [0.15, 0.2) is 5.82 Å². The van der Waals surface area contributed by atoms with Crippen LogP contribution in [-0.2, 0) is 5.66 Å². The van der Waals surface area contributed by atoms with Gasteiger partial charge in [-0.2, -0.15) is 0 Å². The molecule has 1 aromatic heterocycles. The van der Waals surface area contributed by atoms with E-state index in [2.05, 4.69) is 4.98 Å². The van der Waals surface area contributed by atoms with Gasteiger partial charge in [0.05, 0.1) is 51.3 Å². The van der Waals surface area contributed by atoms with Crippen LogP contribution in [0.25, 0.3) is 33.6 Å². The van der Waals surface area contributed by atoms with E-state index in [1.807, 2.05) is 140 Å². The van der Waals surface area contributed by atoms with Crippen molar-refractivity contribution in [3.8, 4) is 56.6 Å². The molecule has 0 saturated heterocycles. The van der Waals surface area contributed by atoms with Gasteiger partial charge in [-0.05, 0) is 54.6 Å². The van der Waals surface area contributed by atoms with Crippen molar-refractivity contribution in [3.63, 3.8) is 0 Å². The number of ether oxygens (including phenoxy) is 4. The predicted octanol–water partition coefficient (Wildman–Crippen LogP) is 10.9. The minimum atomic E-state index is -1.48. The number of H-pyrrole nitrogens is 1. The van der Waals surface area contributed by atoms with E-state index in [1.165, 1.54) is 0 Å². The summed E-state index contributed by atoms with van der Waals surface area (Å²) in [7, 11) is 6.57. The normalized spacial score (nSPS) is 13.2. The van der Waals surface area contributed by atoms with Crippen molar-refractivity contribution in [1.29, 1.82) is 0 Å². The van der Waals surface area contributed by atoms with E-state index in [0.717, 1.165) is 33.4 Å². The number of hydrogen-bond acceptors (Lipinski definition) is 7. The standard InChI is InChI=1S/C46H36Cl2N4O4/c1-53-31-16-9-13-28(25-31)41-44(35-20-12-24-39(56-4)40(35)34-19-5-7-22-37(34)47)50-45(49-41)46(36-21-6-8-23-38(36)48)51-42(29-14-10-17-32(26-29)54-2)43(52-46)30-15-11-18-33(27-30)55-3/h5-27H,1-4H3,(H,49,50). The smallest absolute Gasteiger partial charge is 0.236 e. The zero-order chi connectivity index (χ0) is 38.8. The van der Waals surface area contributed by atoms with Crippen molar-refractivity contribution < 1.29 is 18.9 Å². The Morgan fingerprint density at radius 3 is 1.61 bits per heavy atom. The Morgan fingerprint density at radius 2 is 1.04 bits per heavy atom. The summed E-state index contributed by atoms with van der Waals surface area (Å²) < 4.78 is 23.0. The number of hydrogen-bond donors (Lipinski definition) is 1. The van der Waals surface area contributed by atoms with E-state index >= 15 is 0 Å². The van der Waals surface area contributed by atoms with E-state index in [0.29, 0.717) is 67.2 Å². The molecule has 0 radical (unpaired) electrons. The second-order valence-corrected chi connectivity index (χ2v) is 13.8. The molecule has 1 aliphatic rings. The molecule has 0 fully saturated rings. The van der Waals surface area contributed by atoms with Crippen LogP contribution in [0.15, 0.2) is 150 Å². The first-order chi connectivity index (χ1) is 27.4. The fraction of sp³-hybridized carbons (Fsp3) is 0.109. The molecule has 10 heteroatoms. The van der Waals surface area contributed by atoms with Crippen LogP contribution in [0.1, 0.15) is 22.5 Å². The van der Waals surface area contributed by atoms with Crippen LogP contribution in [0.3, 0.4) is 0 Å². The Hall–Kier alpha value is -6.35. The molecular weight excluding hydrogens is 743 g/mol. The van der Waals surface area contributed by atoms with E-state index in [1.54, 1.807) is 28.4 Å². The summed E-state index contributed by atoms with van der Waals surface area (Å²) in [6, 6.07) is 44.4. The van der Waals surface area contributed by atoms with Crippen LogP contribution in [0.2, 0.25) is 10.0 Å². The van der Waals surface area contributed by atoms with Gasteiger partial charge in [-0.25, -0.2) is 15.0 Å². The van der Waals surface area contributed by atoms with E-state index in [4.69, 9.17) is 57.1 Å². The second-order valence-electron chi connectivity index (χ2n) is 12.9. The van der Waals surface area contributed by atoms with Crippen LogP contribution >= 0.6 is 23.2 Å². The Kier molecular flexibility index (Phi) is 10.1. The Morgan fingerprint density at radius 1 is 0.518 bits per heavy atom. The first-order valence-electron chi connectivity index (χ1n) is 17.8. The van der Waals surface area contributed by atoms with Gasteiger partial charge in [0.25, 0.3) is 0 Å². The minimum absolute atomic E-state index is 0.435. The maximum atomic E-state index is 7.14. The summed E-state index contributed by atoms with van der Waals surface area (Å²) in [5.41, 5.74) is 6.51. The van der Waals surface area contributed by atoms with Gasteiger partial charge in [0.1, 0.15) is 23.0 Å². The van der Waals surface area contributed by atoms with Crippen LogP contribution in [-0.4, -0.2) is 49.8 Å². The third kappa shape index (κ3) is 6.57. The summed E-state index contributed by atoms with van der Waals surface area (Å²) in [5, 5.41) is 1.04. The molecular formula is C46H36Cl2N4O4. The molecule has 2 heterocycles. The van der Waals surface area contributed by atoms with Crippen LogP contribution < -0.4 is 18.9 Å². The monoisotopic (exact) mass is 778 g/mol. The predicted molar refractivity (Wildman–Crippen MR) is 224 cm³/mol. The molecule has 278 valence electrons. The number of aromatic amines is 1. The fourth-order valence-electron chi connectivity index (χ4n) is 7.06. The van der Waals surface area contributed by atoms with Crippen LogP contribution in [0.5, 0.6) is 23.0 Å². The zero-order valence-corrected chi connectivity index (χ0v) is 32.5. The van der Waals surface area contributed by atoms with Crippen molar-refractivity contribution in [1.82, 2.24) is 9.97 Å². The van der Waals surface area contributed by atoms with Gasteiger partial charge in [-0.1, -0.05) is 108 Å². The Bertz CT molecular complexity index is 2590. The molecule has 0 unspecified atom stereocenters. The topological polar surface area (TPSA) is 90.3 Å². The summed E-state index contributed by atoms with van der Waals surface area (Å²) in [6.07, 6.45) is 0. The lowest BCUT2D eigenvalue weighted by molar-refractivity contribution is 0.414. The molecule has 8 rings (SSSR count). The third-order valence-electron chi connectivity index (χ3n) is 9.74. The van der Waals surface area contributed by atoms with Crippen molar-refractivity contribution >= 4 is 34.6 Å². The highest BCUT2D eigenvalue weighted by Gasteiger charge is 2.45. The van der Waals surface area contributed by atoms with Gasteiger partial charge in [0.2, 0.25) is 5.66 Å². The number of nitrogens with zero attached hydrogens (tertiary/aromatic N) is 3. The molecule has 56 heavy (non-hydrogen) atoms. The average Bonchev–Trinajstić information content (AvgIpc) is 3.88. The molecule has 1 aliphatic heterocycles. The highest BCUT2D eigenvalue weighted by Crippen LogP contribution is 2.48. The fourth-order valence-corrected chi connectivity index (χ4v) is 7.56. The summed E-state index contributed by atoms with van der Waals surface area (Å²) in [4.78, 5) is 20.3. The molecule has 6 aromatic carbocycles. The summed E-state index contributed by atoms with van der Waals surface area (Å²) >= 11 is 14.0. The van der Waals surface area contributed by atoms with E-state index < -0.39 is 5.66 Å². The van der Waals surface area contributed by atoms with Gasteiger partial charge >= 0.3 is 0 Å². The highest BCUT2D eigenvalue weighted by atomic mass is 35.5. The molecule has 0 spiro atoms. The highest BCUT2D eigenvalue weighted by molar-refractivity contribution is 6.54. The van der Waals surface area contributed by atoms with Gasteiger partial charge < -0.3 is 23.9 Å². The second kappa shape index (κ2) is 15.4. The number of methoxy groups -OCH3 is 4. The lowest BCUT2D eigenvalue weighted by Crippen LogP contribution is -2.23. The van der Waals surface area contributed by atoms with E-state index in [9.17, 15) is 0 Å². The molecule has 8 nitrogen and oxygen atoms in total. The Balaban J connectivity index is 1.48. The minimum Gasteiger partial charge on any atom is -0.497 e. The quantitative estimate of drug-likeness (QED) is 0.141. The number of imidazole rings is 1. The van der Waals surface area contributed by atoms with Crippen LogP contribution in [0, 0.1) is 0 Å². The molecule has 0 bridgehead atoms. The van der Waals surface area contributed by atoms with Crippen LogP contribution in [0.4, 0.5) is 0 Å². The summed E-state index contributed by atoms with van der Waals surface area (Å²) in [5.74, 6) is 3.10. The molecule has 0 aliphatic carbocycles. The molecule has 7 aromatic rings. The number of benzene rings is 6. The van der Waals surface area contributed by atoms with Crippen molar-refractivity contribution in [2.75, 3.05) is 28.4 Å². The molecule has 0 atom stereocenters. The Labute approximate surface area is 335 Å². The third-order valence-corrected chi connectivity index (χ3v) is 10.4. The molecule has 0 saturated carbocycles. The zero-order valence-electron chi connectivity index (χ0n) is 31.0. The average molecular weight is 780 g/mol. The lowest BCUT2D eigenvalue weighted by atomic mass is 9.94. The number of nitrogens with one attached hydrogen (secondary N) is 1. The van der Waals surface area contributed by atoms with Gasteiger partial charge in [0, 0.05) is 49.0 Å². The first-order valence-corrected chi connectivity index (χ1v) is 18.5. The van der Waals surface area contributed by atoms with E-state index in [-0.39, 0.29) is 0 Å². The maximum absolute atomic E-state index is 7.14. The maximum Gasteiger partial charge on any atom is 0.236 e. The number of aromatic nitrogens is 2. The number of rotatable bonds is 11. The summed E-state index contributed by atoms with van der Waals surface area (Å²) in [6.45, 7) is 0. The molecule has 1 N–H and O–H groups in total. The van der Waals surface area contributed by atoms with Crippen molar-refractivity contribution in [3.05, 3.63) is 172 Å². The van der Waals surface area contributed by atoms with Crippen molar-refractivity contribution in [2.45, 2.75) is 5.66 Å². The SMILES string of the molecule is COc1cccc(C2=NC(c3nc(-c4cccc(OC)c4)c(-c4cccc(OC)c4-c4ccccc4Cl)[nH]3)(c3ccccc3Cl)N=C2c2cccc(OC)c2)c1. The number of halogens is 2. The van der Waals surface area contributed by atoms with Gasteiger partial charge in [-0.15, -0.1) is 0 Å². The van der Waals surface area contributed by atoms with Gasteiger partial charge in [-0.3, -0.25) is 0 Å². The largest absolute Gasteiger partial charge is 0.497 e. The van der Waals surface area contributed by atoms with Crippen molar-refractivity contribution in [2.24, 2.45) is 9.98 Å². The first kappa shape index (κ1) is 36.6. The number of aliphatic imine (C=N–C) groups is 2.